The number of halogens is 3. The van der Waals surface area contributed by atoms with E-state index in [9.17, 15) is 18.0 Å². The number of pyridine rings is 1. The fraction of sp³-hybridized carbons (Fsp3) is 0.381. The van der Waals surface area contributed by atoms with Crippen molar-refractivity contribution in [1.29, 1.82) is 0 Å². The first-order chi connectivity index (χ1) is 15.5. The SMILES string of the molecule is Cc1nc(NCc2cnn([C@H](C)c3ccc(C(F)(F)F)nc3)c2)nc2c1NC(=O)[C@H](C)N2C. The lowest BCUT2D eigenvalue weighted by atomic mass is 10.1. The van der Waals surface area contributed by atoms with Crippen molar-refractivity contribution in [3.63, 3.8) is 0 Å². The van der Waals surface area contributed by atoms with Gasteiger partial charge < -0.3 is 15.5 Å². The normalized spacial score (nSPS) is 16.9. The first kappa shape index (κ1) is 22.5. The van der Waals surface area contributed by atoms with E-state index in [1.54, 1.807) is 42.9 Å². The Morgan fingerprint density at radius 2 is 2.00 bits per heavy atom. The minimum Gasteiger partial charge on any atom is -0.350 e. The van der Waals surface area contributed by atoms with Crippen LogP contribution in [-0.2, 0) is 17.5 Å². The number of hydrogen-bond donors (Lipinski definition) is 2. The van der Waals surface area contributed by atoms with Crippen molar-refractivity contribution in [2.75, 3.05) is 22.6 Å². The molecule has 9 nitrogen and oxygen atoms in total. The van der Waals surface area contributed by atoms with Gasteiger partial charge in [0.1, 0.15) is 17.4 Å². The van der Waals surface area contributed by atoms with Crippen LogP contribution in [0.15, 0.2) is 30.7 Å². The molecule has 1 aliphatic rings. The van der Waals surface area contributed by atoms with Crippen LogP contribution < -0.4 is 15.5 Å². The fourth-order valence-electron chi connectivity index (χ4n) is 3.46. The highest BCUT2D eigenvalue weighted by molar-refractivity contribution is 6.03. The van der Waals surface area contributed by atoms with Gasteiger partial charge in [-0.3, -0.25) is 14.5 Å². The second-order valence-corrected chi connectivity index (χ2v) is 7.94. The first-order valence-electron chi connectivity index (χ1n) is 10.3. The van der Waals surface area contributed by atoms with Gasteiger partial charge in [0.2, 0.25) is 11.9 Å². The molecule has 0 radical (unpaired) electrons. The summed E-state index contributed by atoms with van der Waals surface area (Å²) in [5, 5.41) is 10.3. The molecule has 0 fully saturated rings. The highest BCUT2D eigenvalue weighted by atomic mass is 19.4. The number of likely N-dealkylation sites (N-methyl/N-ethyl adjacent to an activating group) is 1. The molecule has 0 spiro atoms. The van der Waals surface area contributed by atoms with Crippen molar-refractivity contribution in [3.05, 3.63) is 53.2 Å². The Bertz CT molecular complexity index is 1180. The average molecular weight is 460 g/mol. The number of nitrogens with one attached hydrogen (secondary N) is 2. The summed E-state index contributed by atoms with van der Waals surface area (Å²) in [4.78, 5) is 26.3. The minimum atomic E-state index is -4.47. The van der Waals surface area contributed by atoms with Gasteiger partial charge in [-0.1, -0.05) is 6.07 Å². The van der Waals surface area contributed by atoms with Crippen molar-refractivity contribution in [2.24, 2.45) is 0 Å². The van der Waals surface area contributed by atoms with Gasteiger partial charge in [0.25, 0.3) is 0 Å². The molecule has 0 aromatic carbocycles. The van der Waals surface area contributed by atoms with Crippen LogP contribution in [0.5, 0.6) is 0 Å². The molecule has 0 aliphatic carbocycles. The summed E-state index contributed by atoms with van der Waals surface area (Å²) in [6.45, 7) is 5.82. The Hall–Kier alpha value is -3.70. The Kier molecular flexibility index (Phi) is 5.68. The zero-order valence-electron chi connectivity index (χ0n) is 18.5. The smallest absolute Gasteiger partial charge is 0.350 e. The van der Waals surface area contributed by atoms with Crippen molar-refractivity contribution >= 4 is 23.4 Å². The first-order valence-corrected chi connectivity index (χ1v) is 10.3. The highest BCUT2D eigenvalue weighted by Gasteiger charge is 2.32. The van der Waals surface area contributed by atoms with E-state index in [1.807, 2.05) is 6.92 Å². The van der Waals surface area contributed by atoms with Crippen molar-refractivity contribution < 1.29 is 18.0 Å². The summed E-state index contributed by atoms with van der Waals surface area (Å²) in [6.07, 6.45) is 0.213. The maximum atomic E-state index is 12.7. The maximum absolute atomic E-state index is 12.7. The lowest BCUT2D eigenvalue weighted by molar-refractivity contribution is -0.141. The summed E-state index contributed by atoms with van der Waals surface area (Å²) in [5.74, 6) is 0.938. The molecule has 3 aromatic rings. The van der Waals surface area contributed by atoms with Crippen LogP contribution in [-0.4, -0.2) is 43.7 Å². The van der Waals surface area contributed by atoms with Crippen LogP contribution in [0.3, 0.4) is 0 Å². The molecule has 4 rings (SSSR count). The van der Waals surface area contributed by atoms with Crippen LogP contribution in [0.2, 0.25) is 0 Å². The van der Waals surface area contributed by atoms with Gasteiger partial charge in [-0.25, -0.2) is 4.98 Å². The van der Waals surface area contributed by atoms with E-state index in [-0.39, 0.29) is 18.0 Å². The molecule has 0 bridgehead atoms. The van der Waals surface area contributed by atoms with Crippen LogP contribution in [0, 0.1) is 6.92 Å². The number of amides is 1. The van der Waals surface area contributed by atoms with Crippen LogP contribution in [0.1, 0.15) is 42.4 Å². The molecular weight excluding hydrogens is 437 g/mol. The van der Waals surface area contributed by atoms with Gasteiger partial charge >= 0.3 is 6.18 Å². The maximum Gasteiger partial charge on any atom is 0.433 e. The molecule has 12 heteroatoms. The quantitative estimate of drug-likeness (QED) is 0.602. The predicted octanol–water partition coefficient (Wildman–Crippen LogP) is 3.39. The summed E-state index contributed by atoms with van der Waals surface area (Å²) < 4.78 is 39.8. The third-order valence-corrected chi connectivity index (χ3v) is 5.68. The molecule has 174 valence electrons. The molecule has 1 amide bonds. The Morgan fingerprint density at radius 3 is 2.67 bits per heavy atom. The highest BCUT2D eigenvalue weighted by Crippen LogP contribution is 2.32. The van der Waals surface area contributed by atoms with E-state index in [1.165, 1.54) is 12.3 Å². The monoisotopic (exact) mass is 460 g/mol. The van der Waals surface area contributed by atoms with Gasteiger partial charge in [0, 0.05) is 31.5 Å². The van der Waals surface area contributed by atoms with E-state index in [0.717, 1.165) is 11.6 Å². The van der Waals surface area contributed by atoms with Crippen molar-refractivity contribution in [1.82, 2.24) is 24.7 Å². The summed E-state index contributed by atoms with van der Waals surface area (Å²) >= 11 is 0. The lowest BCUT2D eigenvalue weighted by Crippen LogP contribution is -2.44. The van der Waals surface area contributed by atoms with E-state index in [2.05, 4.69) is 30.7 Å². The molecule has 33 heavy (non-hydrogen) atoms. The number of anilines is 3. The summed E-state index contributed by atoms with van der Waals surface area (Å²) in [7, 11) is 1.81. The molecule has 4 heterocycles. The van der Waals surface area contributed by atoms with E-state index in [4.69, 9.17) is 0 Å². The molecule has 1 aliphatic heterocycles. The number of fused-ring (bicyclic) bond motifs is 1. The molecule has 2 atom stereocenters. The van der Waals surface area contributed by atoms with E-state index in [0.29, 0.717) is 35.3 Å². The minimum absolute atomic E-state index is 0.109. The summed E-state index contributed by atoms with van der Waals surface area (Å²) in [6, 6.07) is 1.72. The summed E-state index contributed by atoms with van der Waals surface area (Å²) in [5.41, 5.74) is 1.77. The third-order valence-electron chi connectivity index (χ3n) is 5.68. The lowest BCUT2D eigenvalue weighted by Gasteiger charge is -2.32. The number of rotatable bonds is 5. The van der Waals surface area contributed by atoms with Gasteiger partial charge in [-0.2, -0.15) is 23.3 Å². The molecule has 0 unspecified atom stereocenters. The van der Waals surface area contributed by atoms with Gasteiger partial charge in [0.15, 0.2) is 5.82 Å². The molecule has 2 N–H and O–H groups in total. The van der Waals surface area contributed by atoms with Gasteiger partial charge in [-0.15, -0.1) is 0 Å². The largest absolute Gasteiger partial charge is 0.433 e. The zero-order chi connectivity index (χ0) is 23.9. The van der Waals surface area contributed by atoms with Crippen molar-refractivity contribution in [3.8, 4) is 0 Å². The number of aryl methyl sites for hydroxylation is 1. The Labute approximate surface area is 188 Å². The molecule has 3 aromatic heterocycles. The van der Waals surface area contributed by atoms with Crippen LogP contribution >= 0.6 is 0 Å². The molecule has 0 saturated heterocycles. The van der Waals surface area contributed by atoms with Gasteiger partial charge in [0.05, 0.1) is 17.9 Å². The van der Waals surface area contributed by atoms with Crippen LogP contribution in [0.25, 0.3) is 0 Å². The third kappa shape index (κ3) is 4.45. The number of hydrogen-bond acceptors (Lipinski definition) is 7. The molecule has 0 saturated carbocycles. The Balaban J connectivity index is 1.45. The van der Waals surface area contributed by atoms with E-state index >= 15 is 0 Å². The fourth-order valence-corrected chi connectivity index (χ4v) is 3.46. The number of aromatic nitrogens is 5. The second kappa shape index (κ2) is 8.34. The topological polar surface area (TPSA) is 101 Å². The molecular formula is C21H23F3N8O. The number of carbonyl (C=O) groups is 1. The van der Waals surface area contributed by atoms with Crippen molar-refractivity contribution in [2.45, 2.75) is 45.6 Å². The number of carbonyl (C=O) groups excluding carboxylic acids is 1. The second-order valence-electron chi connectivity index (χ2n) is 7.94. The average Bonchev–Trinajstić information content (AvgIpc) is 3.25. The Morgan fingerprint density at radius 1 is 1.24 bits per heavy atom. The van der Waals surface area contributed by atoms with Crippen LogP contribution in [0.4, 0.5) is 30.6 Å². The number of alkyl halides is 3. The van der Waals surface area contributed by atoms with Gasteiger partial charge in [-0.05, 0) is 32.4 Å². The number of nitrogens with zero attached hydrogens (tertiary/aromatic N) is 6. The van der Waals surface area contributed by atoms with E-state index < -0.39 is 11.9 Å². The zero-order valence-corrected chi connectivity index (χ0v) is 18.5. The predicted molar refractivity (Wildman–Crippen MR) is 116 cm³/mol. The standard InChI is InChI=1S/C21H23F3N8O/c1-11-17-18(31(4)13(3)19(33)29-17)30-20(28-11)26-7-14-8-27-32(10-14)12(2)15-5-6-16(25-9-15)21(22,23)24/h5-6,8-10,12-13H,7H2,1-4H3,(H,29,33)(H,26,28,30)/t12-,13+/m1/s1.